The first-order chi connectivity index (χ1) is 9.28. The molecule has 0 aliphatic heterocycles. The monoisotopic (exact) mass is 258 g/mol. The molecule has 0 bridgehead atoms. The molecular formula is C14H14N2O3. The van der Waals surface area contributed by atoms with Gasteiger partial charge in [0.05, 0.1) is 25.4 Å². The SMILES string of the molecule is COC(=O)Cc1ccc(OCc2cnccn2)cc1. The third kappa shape index (κ3) is 4.06. The first kappa shape index (κ1) is 13.0. The molecule has 98 valence electrons. The fourth-order valence-corrected chi connectivity index (χ4v) is 1.50. The summed E-state index contributed by atoms with van der Waals surface area (Å²) in [5.41, 5.74) is 1.65. The number of benzene rings is 1. The van der Waals surface area contributed by atoms with Gasteiger partial charge in [-0.2, -0.15) is 0 Å². The molecular weight excluding hydrogens is 244 g/mol. The van der Waals surface area contributed by atoms with Crippen molar-refractivity contribution in [3.63, 3.8) is 0 Å². The molecule has 19 heavy (non-hydrogen) atoms. The molecule has 0 saturated carbocycles. The van der Waals surface area contributed by atoms with Crippen LogP contribution >= 0.6 is 0 Å². The predicted octanol–water partition coefficient (Wildman–Crippen LogP) is 1.77. The van der Waals surface area contributed by atoms with Crippen molar-refractivity contribution in [1.29, 1.82) is 0 Å². The summed E-state index contributed by atoms with van der Waals surface area (Å²) < 4.78 is 10.2. The molecule has 0 spiro atoms. The van der Waals surface area contributed by atoms with Crippen LogP contribution in [0.3, 0.4) is 0 Å². The first-order valence-electron chi connectivity index (χ1n) is 5.81. The quantitative estimate of drug-likeness (QED) is 0.765. The van der Waals surface area contributed by atoms with Crippen LogP contribution in [0.2, 0.25) is 0 Å². The van der Waals surface area contributed by atoms with Gasteiger partial charge in [0.15, 0.2) is 0 Å². The molecule has 1 heterocycles. The summed E-state index contributed by atoms with van der Waals surface area (Å²) in [5.74, 6) is 0.465. The Bertz CT molecular complexity index is 526. The zero-order chi connectivity index (χ0) is 13.5. The van der Waals surface area contributed by atoms with E-state index in [2.05, 4.69) is 14.7 Å². The van der Waals surface area contributed by atoms with Crippen molar-refractivity contribution in [3.8, 4) is 5.75 Å². The molecule has 2 aromatic rings. The van der Waals surface area contributed by atoms with Gasteiger partial charge in [0.25, 0.3) is 0 Å². The van der Waals surface area contributed by atoms with Crippen LogP contribution in [-0.4, -0.2) is 23.0 Å². The van der Waals surface area contributed by atoms with Gasteiger partial charge in [0, 0.05) is 12.4 Å². The lowest BCUT2D eigenvalue weighted by molar-refractivity contribution is -0.139. The molecule has 5 nitrogen and oxygen atoms in total. The molecule has 0 unspecified atom stereocenters. The Morgan fingerprint density at radius 3 is 2.63 bits per heavy atom. The van der Waals surface area contributed by atoms with Crippen LogP contribution in [0.5, 0.6) is 5.75 Å². The van der Waals surface area contributed by atoms with Gasteiger partial charge in [0.1, 0.15) is 12.4 Å². The van der Waals surface area contributed by atoms with E-state index in [4.69, 9.17) is 4.74 Å². The lowest BCUT2D eigenvalue weighted by atomic mass is 10.1. The number of hydrogen-bond acceptors (Lipinski definition) is 5. The molecule has 0 N–H and O–H groups in total. The van der Waals surface area contributed by atoms with Crippen molar-refractivity contribution >= 4 is 5.97 Å². The van der Waals surface area contributed by atoms with Gasteiger partial charge in [-0.05, 0) is 17.7 Å². The Hall–Kier alpha value is -2.43. The van der Waals surface area contributed by atoms with E-state index in [1.54, 1.807) is 18.6 Å². The van der Waals surface area contributed by atoms with Crippen LogP contribution in [-0.2, 0) is 22.6 Å². The van der Waals surface area contributed by atoms with Crippen LogP contribution in [0, 0.1) is 0 Å². The second-order valence-corrected chi connectivity index (χ2v) is 3.88. The number of carbonyl (C=O) groups excluding carboxylic acids is 1. The number of ether oxygens (including phenoxy) is 2. The van der Waals surface area contributed by atoms with Crippen LogP contribution in [0.25, 0.3) is 0 Å². The minimum absolute atomic E-state index is 0.256. The zero-order valence-corrected chi connectivity index (χ0v) is 10.6. The van der Waals surface area contributed by atoms with Crippen molar-refractivity contribution in [2.24, 2.45) is 0 Å². The van der Waals surface area contributed by atoms with Gasteiger partial charge in [-0.15, -0.1) is 0 Å². The molecule has 0 fully saturated rings. The van der Waals surface area contributed by atoms with E-state index in [1.165, 1.54) is 7.11 Å². The minimum Gasteiger partial charge on any atom is -0.487 e. The van der Waals surface area contributed by atoms with Gasteiger partial charge in [-0.25, -0.2) is 0 Å². The van der Waals surface area contributed by atoms with Crippen molar-refractivity contribution in [3.05, 3.63) is 54.1 Å². The van der Waals surface area contributed by atoms with Crippen molar-refractivity contribution in [2.75, 3.05) is 7.11 Å². The van der Waals surface area contributed by atoms with Crippen LogP contribution in [0.15, 0.2) is 42.9 Å². The molecule has 0 aliphatic carbocycles. The fourth-order valence-electron chi connectivity index (χ4n) is 1.50. The highest BCUT2D eigenvalue weighted by Crippen LogP contribution is 2.14. The number of carbonyl (C=O) groups is 1. The minimum atomic E-state index is -0.256. The predicted molar refractivity (Wildman–Crippen MR) is 68.5 cm³/mol. The Kier molecular flexibility index (Phi) is 4.44. The van der Waals surface area contributed by atoms with Crippen LogP contribution < -0.4 is 4.74 Å². The van der Waals surface area contributed by atoms with Gasteiger partial charge in [-0.3, -0.25) is 14.8 Å². The smallest absolute Gasteiger partial charge is 0.309 e. The van der Waals surface area contributed by atoms with Gasteiger partial charge in [-0.1, -0.05) is 12.1 Å². The Morgan fingerprint density at radius 1 is 1.21 bits per heavy atom. The number of rotatable bonds is 5. The summed E-state index contributed by atoms with van der Waals surface area (Å²) in [6.45, 7) is 0.365. The molecule has 1 aromatic heterocycles. The molecule has 0 atom stereocenters. The number of esters is 1. The number of aromatic nitrogens is 2. The molecule has 2 rings (SSSR count). The molecule has 0 amide bonds. The topological polar surface area (TPSA) is 61.3 Å². The average molecular weight is 258 g/mol. The second kappa shape index (κ2) is 6.49. The van der Waals surface area contributed by atoms with Gasteiger partial charge >= 0.3 is 5.97 Å². The summed E-state index contributed by atoms with van der Waals surface area (Å²) in [5, 5.41) is 0. The highest BCUT2D eigenvalue weighted by molar-refractivity contribution is 5.72. The van der Waals surface area contributed by atoms with Gasteiger partial charge in [0.2, 0.25) is 0 Å². The Balaban J connectivity index is 1.90. The maximum Gasteiger partial charge on any atom is 0.309 e. The third-order valence-corrected chi connectivity index (χ3v) is 2.50. The molecule has 0 saturated heterocycles. The maximum atomic E-state index is 11.1. The van der Waals surface area contributed by atoms with Crippen molar-refractivity contribution in [2.45, 2.75) is 13.0 Å². The van der Waals surface area contributed by atoms with E-state index in [9.17, 15) is 4.79 Å². The number of methoxy groups -OCH3 is 1. The van der Waals surface area contributed by atoms with Crippen LogP contribution in [0.1, 0.15) is 11.3 Å². The lowest BCUT2D eigenvalue weighted by Crippen LogP contribution is -2.04. The van der Waals surface area contributed by atoms with E-state index < -0.39 is 0 Å². The summed E-state index contributed by atoms with van der Waals surface area (Å²) in [6.07, 6.45) is 5.16. The van der Waals surface area contributed by atoms with Crippen molar-refractivity contribution < 1.29 is 14.3 Å². The first-order valence-corrected chi connectivity index (χ1v) is 5.81. The maximum absolute atomic E-state index is 11.1. The fraction of sp³-hybridized carbons (Fsp3) is 0.214. The lowest BCUT2D eigenvalue weighted by Gasteiger charge is -2.06. The average Bonchev–Trinajstić information content (AvgIpc) is 2.47. The van der Waals surface area contributed by atoms with E-state index in [-0.39, 0.29) is 12.4 Å². The van der Waals surface area contributed by atoms with Gasteiger partial charge < -0.3 is 9.47 Å². The zero-order valence-electron chi connectivity index (χ0n) is 10.6. The van der Waals surface area contributed by atoms with E-state index in [0.717, 1.165) is 17.0 Å². The van der Waals surface area contributed by atoms with Crippen molar-refractivity contribution in [1.82, 2.24) is 9.97 Å². The Labute approximate surface area is 111 Å². The summed E-state index contributed by atoms with van der Waals surface area (Å²) >= 11 is 0. The second-order valence-electron chi connectivity index (χ2n) is 3.88. The highest BCUT2D eigenvalue weighted by Gasteiger charge is 2.03. The molecule has 5 heteroatoms. The third-order valence-electron chi connectivity index (χ3n) is 2.50. The largest absolute Gasteiger partial charge is 0.487 e. The molecule has 0 aliphatic rings. The van der Waals surface area contributed by atoms with E-state index in [0.29, 0.717) is 6.61 Å². The summed E-state index contributed by atoms with van der Waals surface area (Å²) in [4.78, 5) is 19.2. The molecule has 0 radical (unpaired) electrons. The standard InChI is InChI=1S/C14H14N2O3/c1-18-14(17)8-11-2-4-13(5-3-11)19-10-12-9-15-6-7-16-12/h2-7,9H,8,10H2,1H3. The summed E-state index contributed by atoms with van der Waals surface area (Å²) in [6, 6.07) is 7.30. The highest BCUT2D eigenvalue weighted by atomic mass is 16.5. The Morgan fingerprint density at radius 2 is 2.00 bits per heavy atom. The van der Waals surface area contributed by atoms with Crippen LogP contribution in [0.4, 0.5) is 0 Å². The molecule has 1 aromatic carbocycles. The van der Waals surface area contributed by atoms with E-state index in [1.807, 2.05) is 24.3 Å². The number of hydrogen-bond donors (Lipinski definition) is 0. The van der Waals surface area contributed by atoms with E-state index >= 15 is 0 Å². The number of nitrogens with zero attached hydrogens (tertiary/aromatic N) is 2. The normalized spacial score (nSPS) is 9.95. The summed E-state index contributed by atoms with van der Waals surface area (Å²) in [7, 11) is 1.38.